The first kappa shape index (κ1) is 16.6. The molecule has 3 rings (SSSR count). The predicted molar refractivity (Wildman–Crippen MR) is 93.4 cm³/mol. The van der Waals surface area contributed by atoms with Crippen LogP contribution in [0.15, 0.2) is 47.4 Å². The van der Waals surface area contributed by atoms with E-state index in [0.717, 1.165) is 5.56 Å². The molecule has 1 heterocycles. The fourth-order valence-corrected chi connectivity index (χ4v) is 3.10. The van der Waals surface area contributed by atoms with E-state index in [2.05, 4.69) is 5.32 Å². The number of hydrogen-bond donors (Lipinski definition) is 1. The Morgan fingerprint density at radius 2 is 1.79 bits per heavy atom. The van der Waals surface area contributed by atoms with Crippen LogP contribution in [0, 0.1) is 11.6 Å². The zero-order valence-electron chi connectivity index (χ0n) is 12.2. The van der Waals surface area contributed by atoms with Crippen LogP contribution in [0.2, 0.25) is 0 Å². The second-order valence-corrected chi connectivity index (χ2v) is 6.63. The first-order chi connectivity index (χ1) is 11.5. The third-order valence-electron chi connectivity index (χ3n) is 3.26. The van der Waals surface area contributed by atoms with Crippen molar-refractivity contribution in [2.24, 2.45) is 0 Å². The largest absolute Gasteiger partial charge is 0.489 e. The van der Waals surface area contributed by atoms with Crippen LogP contribution in [0.4, 0.5) is 8.78 Å². The monoisotopic (exact) mass is 363 g/mol. The van der Waals surface area contributed by atoms with Crippen molar-refractivity contribution in [1.29, 1.82) is 0 Å². The Kier molecular flexibility index (Phi) is 4.92. The number of carbonyl (C=O) groups excluding carboxylic acids is 1. The third kappa shape index (κ3) is 3.80. The van der Waals surface area contributed by atoms with Crippen LogP contribution in [0.1, 0.15) is 11.1 Å². The van der Waals surface area contributed by atoms with E-state index in [1.165, 1.54) is 30.0 Å². The van der Waals surface area contributed by atoms with Gasteiger partial charge in [-0.1, -0.05) is 42.2 Å². The first-order valence-electron chi connectivity index (χ1n) is 6.93. The Morgan fingerprint density at radius 3 is 2.38 bits per heavy atom. The maximum atomic E-state index is 13.5. The number of halogens is 2. The minimum absolute atomic E-state index is 0.115. The zero-order chi connectivity index (χ0) is 17.1. The number of benzene rings is 2. The van der Waals surface area contributed by atoms with Crippen molar-refractivity contribution < 1.29 is 18.3 Å². The topological polar surface area (TPSA) is 38.3 Å². The molecule has 24 heavy (non-hydrogen) atoms. The average Bonchev–Trinajstić information content (AvgIpc) is 2.86. The molecule has 0 bridgehead atoms. The van der Waals surface area contributed by atoms with E-state index in [1.807, 2.05) is 0 Å². The van der Waals surface area contributed by atoms with Gasteiger partial charge in [0.1, 0.15) is 28.3 Å². The van der Waals surface area contributed by atoms with Crippen molar-refractivity contribution in [2.75, 3.05) is 0 Å². The van der Waals surface area contributed by atoms with Gasteiger partial charge < -0.3 is 10.1 Å². The molecule has 2 aromatic carbocycles. The highest BCUT2D eigenvalue weighted by atomic mass is 32.2. The molecule has 7 heteroatoms. The fourth-order valence-electron chi connectivity index (χ4n) is 2.06. The van der Waals surface area contributed by atoms with Gasteiger partial charge in [-0.05, 0) is 35.9 Å². The molecular weight excluding hydrogens is 352 g/mol. The quantitative estimate of drug-likeness (QED) is 0.657. The molecule has 1 aliphatic rings. The maximum Gasteiger partial charge on any atom is 0.263 e. The fraction of sp³-hybridized carbons (Fsp3) is 0.0588. The van der Waals surface area contributed by atoms with Crippen molar-refractivity contribution in [3.05, 3.63) is 70.1 Å². The number of hydrogen-bond acceptors (Lipinski definition) is 4. The minimum Gasteiger partial charge on any atom is -0.489 e. The van der Waals surface area contributed by atoms with E-state index in [4.69, 9.17) is 17.0 Å². The normalized spacial score (nSPS) is 15.7. The molecule has 1 amide bonds. The predicted octanol–water partition coefficient (Wildman–Crippen LogP) is 4.03. The number of thioether (sulfide) groups is 1. The second-order valence-electron chi connectivity index (χ2n) is 4.91. The van der Waals surface area contributed by atoms with Gasteiger partial charge in [-0.15, -0.1) is 0 Å². The number of nitrogens with one attached hydrogen (secondary N) is 1. The summed E-state index contributed by atoms with van der Waals surface area (Å²) in [4.78, 5) is 12.1. The van der Waals surface area contributed by atoms with Crippen LogP contribution < -0.4 is 10.1 Å². The summed E-state index contributed by atoms with van der Waals surface area (Å²) < 4.78 is 32.9. The Morgan fingerprint density at radius 1 is 1.12 bits per heavy atom. The highest BCUT2D eigenvalue weighted by molar-refractivity contribution is 8.26. The number of ether oxygens (including phenoxy) is 1. The lowest BCUT2D eigenvalue weighted by atomic mass is 10.2. The molecule has 0 spiro atoms. The molecule has 1 N–H and O–H groups in total. The summed E-state index contributed by atoms with van der Waals surface area (Å²) in [6, 6.07) is 10.5. The molecule has 0 unspecified atom stereocenters. The van der Waals surface area contributed by atoms with Crippen LogP contribution >= 0.6 is 24.0 Å². The Bertz CT molecular complexity index is 815. The molecule has 0 aromatic heterocycles. The van der Waals surface area contributed by atoms with Gasteiger partial charge in [-0.25, -0.2) is 8.78 Å². The smallest absolute Gasteiger partial charge is 0.263 e. The minimum atomic E-state index is -0.642. The second kappa shape index (κ2) is 7.11. The van der Waals surface area contributed by atoms with Gasteiger partial charge in [0, 0.05) is 0 Å². The lowest BCUT2D eigenvalue weighted by Gasteiger charge is -2.08. The van der Waals surface area contributed by atoms with E-state index in [-0.39, 0.29) is 18.1 Å². The molecule has 3 nitrogen and oxygen atoms in total. The van der Waals surface area contributed by atoms with Crippen LogP contribution in [0.25, 0.3) is 6.08 Å². The summed E-state index contributed by atoms with van der Waals surface area (Å²) in [5.41, 5.74) is 0.679. The summed E-state index contributed by atoms with van der Waals surface area (Å²) in [7, 11) is 0. The summed E-state index contributed by atoms with van der Waals surface area (Å²) in [5, 5.41) is 2.54. The van der Waals surface area contributed by atoms with Crippen LogP contribution in [0.3, 0.4) is 0 Å². The number of thiocarbonyl (C=S) groups is 1. The molecule has 0 aliphatic carbocycles. The van der Waals surface area contributed by atoms with Crippen molar-refractivity contribution in [2.45, 2.75) is 6.61 Å². The summed E-state index contributed by atoms with van der Waals surface area (Å²) in [5.74, 6) is -1.03. The number of carbonyl (C=O) groups is 1. The van der Waals surface area contributed by atoms with E-state index in [1.54, 1.807) is 30.3 Å². The number of rotatable bonds is 4. The van der Waals surface area contributed by atoms with Crippen LogP contribution in [0.5, 0.6) is 5.75 Å². The molecular formula is C17H11F2NO2S2. The Labute approximate surface area is 146 Å². The van der Waals surface area contributed by atoms with Gasteiger partial charge in [-0.2, -0.15) is 0 Å². The zero-order valence-corrected chi connectivity index (χ0v) is 13.8. The summed E-state index contributed by atoms with van der Waals surface area (Å²) in [6.07, 6.45) is 1.71. The van der Waals surface area contributed by atoms with Crippen LogP contribution in [-0.2, 0) is 11.4 Å². The molecule has 2 aromatic rings. The van der Waals surface area contributed by atoms with Gasteiger partial charge in [0.05, 0.1) is 10.5 Å². The van der Waals surface area contributed by atoms with Crippen molar-refractivity contribution in [1.82, 2.24) is 5.32 Å². The Hall–Kier alpha value is -2.25. The standard InChI is InChI=1S/C17H11F2NO2S2/c18-13-2-1-3-14(19)12(13)9-22-11-6-4-10(5-7-11)8-15-16(21)20-17(23)24-15/h1-8H,9H2,(H,20,21,23). The van der Waals surface area contributed by atoms with Gasteiger partial charge in [0.15, 0.2) is 0 Å². The summed E-state index contributed by atoms with van der Waals surface area (Å²) in [6.45, 7) is -0.203. The van der Waals surface area contributed by atoms with E-state index in [0.29, 0.717) is 15.0 Å². The average molecular weight is 363 g/mol. The molecule has 0 saturated carbocycles. The van der Waals surface area contributed by atoms with Crippen molar-refractivity contribution in [3.63, 3.8) is 0 Å². The number of amides is 1. The lowest BCUT2D eigenvalue weighted by molar-refractivity contribution is -0.115. The molecule has 1 aliphatic heterocycles. The molecule has 122 valence electrons. The molecule has 1 saturated heterocycles. The molecule has 0 radical (unpaired) electrons. The third-order valence-corrected chi connectivity index (χ3v) is 4.43. The van der Waals surface area contributed by atoms with Gasteiger partial charge in [0.2, 0.25) is 0 Å². The maximum absolute atomic E-state index is 13.5. The van der Waals surface area contributed by atoms with Gasteiger partial charge in [-0.3, -0.25) is 4.79 Å². The van der Waals surface area contributed by atoms with Crippen molar-refractivity contribution >= 4 is 40.3 Å². The van der Waals surface area contributed by atoms with Gasteiger partial charge in [0.25, 0.3) is 5.91 Å². The highest BCUT2D eigenvalue weighted by Crippen LogP contribution is 2.26. The van der Waals surface area contributed by atoms with Crippen LogP contribution in [-0.4, -0.2) is 10.2 Å². The highest BCUT2D eigenvalue weighted by Gasteiger charge is 2.21. The van der Waals surface area contributed by atoms with Crippen molar-refractivity contribution in [3.8, 4) is 5.75 Å². The van der Waals surface area contributed by atoms with E-state index >= 15 is 0 Å². The first-order valence-corrected chi connectivity index (χ1v) is 8.16. The lowest BCUT2D eigenvalue weighted by Crippen LogP contribution is -2.17. The van der Waals surface area contributed by atoms with E-state index in [9.17, 15) is 13.6 Å². The van der Waals surface area contributed by atoms with E-state index < -0.39 is 11.6 Å². The molecule has 1 fully saturated rings. The molecule has 0 atom stereocenters. The summed E-state index contributed by atoms with van der Waals surface area (Å²) >= 11 is 6.12. The SMILES string of the molecule is O=C1NC(=S)SC1=Cc1ccc(OCc2c(F)cccc2F)cc1. The Balaban J connectivity index is 1.68. The van der Waals surface area contributed by atoms with Gasteiger partial charge >= 0.3 is 0 Å².